The second kappa shape index (κ2) is 9.70. The van der Waals surface area contributed by atoms with Crippen LogP contribution in [0, 0.1) is 13.8 Å². The van der Waals surface area contributed by atoms with Gasteiger partial charge in [0.2, 0.25) is 5.91 Å². The number of benzene rings is 3. The van der Waals surface area contributed by atoms with Crippen molar-refractivity contribution in [2.45, 2.75) is 24.3 Å². The van der Waals surface area contributed by atoms with Crippen LogP contribution in [-0.4, -0.2) is 27.8 Å². The average molecular weight is 445 g/mol. The normalized spacial score (nSPS) is 11.7. The lowest BCUT2D eigenvalue weighted by Crippen LogP contribution is -2.19. The van der Waals surface area contributed by atoms with Crippen LogP contribution in [0.5, 0.6) is 5.75 Å². The summed E-state index contributed by atoms with van der Waals surface area (Å²) in [6.45, 7) is 4.03. The van der Waals surface area contributed by atoms with E-state index in [0.717, 1.165) is 33.8 Å². The van der Waals surface area contributed by atoms with Crippen LogP contribution in [0.1, 0.15) is 21.9 Å². The van der Waals surface area contributed by atoms with E-state index in [2.05, 4.69) is 21.6 Å². The number of thioether (sulfide) groups is 1. The first-order valence-electron chi connectivity index (χ1n) is 10.2. The van der Waals surface area contributed by atoms with Gasteiger partial charge in [0.25, 0.3) is 0 Å². The van der Waals surface area contributed by atoms with Crippen molar-refractivity contribution in [3.05, 3.63) is 95.8 Å². The molecule has 0 saturated carbocycles. The van der Waals surface area contributed by atoms with Crippen LogP contribution in [-0.2, 0) is 4.79 Å². The van der Waals surface area contributed by atoms with E-state index in [1.54, 1.807) is 13.4 Å². The predicted octanol–water partition coefficient (Wildman–Crippen LogP) is 5.36. The molecule has 0 saturated heterocycles. The molecule has 1 heterocycles. The molecule has 0 aliphatic carbocycles. The van der Waals surface area contributed by atoms with E-state index in [1.807, 2.05) is 85.1 Å². The van der Waals surface area contributed by atoms with Crippen LogP contribution in [0.15, 0.2) is 84.3 Å². The first-order valence-corrected chi connectivity index (χ1v) is 11.1. The Morgan fingerprint density at radius 2 is 1.69 bits per heavy atom. The molecule has 0 spiro atoms. The molecule has 0 bridgehead atoms. The minimum atomic E-state index is -0.502. The third-order valence-electron chi connectivity index (χ3n) is 4.92. The monoisotopic (exact) mass is 444 g/mol. The minimum Gasteiger partial charge on any atom is -0.497 e. The highest BCUT2D eigenvalue weighted by Crippen LogP contribution is 2.36. The fourth-order valence-electron chi connectivity index (χ4n) is 3.49. The lowest BCUT2D eigenvalue weighted by molar-refractivity contribution is -0.115. The lowest BCUT2D eigenvalue weighted by atomic mass is 10.1. The number of methoxy groups -OCH3 is 1. The van der Waals surface area contributed by atoms with E-state index in [-0.39, 0.29) is 5.91 Å². The summed E-state index contributed by atoms with van der Waals surface area (Å²) >= 11 is 1.36. The minimum absolute atomic E-state index is 0.115. The third-order valence-corrected chi connectivity index (χ3v) is 6.13. The number of carbonyl (C=O) groups is 1. The number of anilines is 1. The van der Waals surface area contributed by atoms with Crippen LogP contribution in [0.3, 0.4) is 0 Å². The topological polar surface area (TPSA) is 69.0 Å². The van der Waals surface area contributed by atoms with E-state index < -0.39 is 5.25 Å². The summed E-state index contributed by atoms with van der Waals surface area (Å²) < 4.78 is 7.11. The number of hydrogen-bond donors (Lipinski definition) is 1. The molecule has 1 amide bonds. The summed E-state index contributed by atoms with van der Waals surface area (Å²) in [5.74, 6) is 0.654. The van der Waals surface area contributed by atoms with Gasteiger partial charge in [-0.2, -0.15) is 0 Å². The van der Waals surface area contributed by atoms with Crippen LogP contribution in [0.2, 0.25) is 0 Å². The molecule has 1 aromatic heterocycles. The highest BCUT2D eigenvalue weighted by Gasteiger charge is 2.25. The van der Waals surface area contributed by atoms with Gasteiger partial charge in [-0.1, -0.05) is 48.2 Å². The molecule has 1 N–H and O–H groups in total. The summed E-state index contributed by atoms with van der Waals surface area (Å²) in [4.78, 5) is 13.4. The molecule has 4 aromatic rings. The molecule has 6 nitrogen and oxygen atoms in total. The number of rotatable bonds is 7. The molecule has 0 fully saturated rings. The van der Waals surface area contributed by atoms with Gasteiger partial charge in [0.15, 0.2) is 5.16 Å². The van der Waals surface area contributed by atoms with Crippen molar-refractivity contribution in [1.82, 2.24) is 14.8 Å². The average Bonchev–Trinajstić information content (AvgIpc) is 3.25. The second-order valence-corrected chi connectivity index (χ2v) is 8.53. The highest BCUT2D eigenvalue weighted by atomic mass is 32.2. The Morgan fingerprint density at radius 1 is 1.00 bits per heavy atom. The van der Waals surface area contributed by atoms with Gasteiger partial charge in [0.1, 0.15) is 17.3 Å². The number of hydrogen-bond acceptors (Lipinski definition) is 5. The van der Waals surface area contributed by atoms with Crippen LogP contribution < -0.4 is 10.1 Å². The molecule has 4 rings (SSSR count). The molecule has 32 heavy (non-hydrogen) atoms. The molecule has 0 aliphatic heterocycles. The number of nitrogens with zero attached hydrogens (tertiary/aromatic N) is 3. The van der Waals surface area contributed by atoms with Crippen molar-refractivity contribution in [3.8, 4) is 11.4 Å². The smallest absolute Gasteiger partial charge is 0.242 e. The van der Waals surface area contributed by atoms with E-state index in [1.165, 1.54) is 11.8 Å². The zero-order valence-corrected chi connectivity index (χ0v) is 19.0. The van der Waals surface area contributed by atoms with Gasteiger partial charge in [-0.05, 0) is 66.9 Å². The Labute approximate surface area is 191 Å². The Hall–Kier alpha value is -3.58. The Morgan fingerprint density at radius 3 is 2.34 bits per heavy atom. The van der Waals surface area contributed by atoms with Gasteiger partial charge in [-0.25, -0.2) is 0 Å². The summed E-state index contributed by atoms with van der Waals surface area (Å²) in [6, 6.07) is 23.3. The molecular weight excluding hydrogens is 420 g/mol. The largest absolute Gasteiger partial charge is 0.497 e. The predicted molar refractivity (Wildman–Crippen MR) is 127 cm³/mol. The summed E-state index contributed by atoms with van der Waals surface area (Å²) in [5, 5.41) is 11.6. The fraction of sp³-hybridized carbons (Fsp3) is 0.160. The van der Waals surface area contributed by atoms with Crippen molar-refractivity contribution in [3.63, 3.8) is 0 Å². The fourth-order valence-corrected chi connectivity index (χ4v) is 4.52. The maximum Gasteiger partial charge on any atom is 0.242 e. The quantitative estimate of drug-likeness (QED) is 0.388. The number of aromatic nitrogens is 3. The highest BCUT2D eigenvalue weighted by molar-refractivity contribution is 8.00. The van der Waals surface area contributed by atoms with Gasteiger partial charge in [-0.3, -0.25) is 9.36 Å². The molecule has 0 aliphatic rings. The van der Waals surface area contributed by atoms with Gasteiger partial charge in [-0.15, -0.1) is 10.2 Å². The summed E-state index contributed by atoms with van der Waals surface area (Å²) in [7, 11) is 1.63. The zero-order chi connectivity index (χ0) is 22.5. The number of amides is 1. The van der Waals surface area contributed by atoms with E-state index >= 15 is 0 Å². The van der Waals surface area contributed by atoms with E-state index in [0.29, 0.717) is 5.16 Å². The van der Waals surface area contributed by atoms with Crippen molar-refractivity contribution in [2.75, 3.05) is 12.4 Å². The van der Waals surface area contributed by atoms with Crippen molar-refractivity contribution in [1.29, 1.82) is 0 Å². The van der Waals surface area contributed by atoms with Crippen molar-refractivity contribution >= 4 is 23.4 Å². The number of carbonyl (C=O) groups excluding carboxylic acids is 1. The Bertz CT molecular complexity index is 1190. The van der Waals surface area contributed by atoms with Crippen molar-refractivity contribution in [2.24, 2.45) is 0 Å². The van der Waals surface area contributed by atoms with Crippen molar-refractivity contribution < 1.29 is 9.53 Å². The lowest BCUT2D eigenvalue weighted by Gasteiger charge is -2.17. The maximum atomic E-state index is 13.4. The number of nitrogens with one attached hydrogen (secondary N) is 1. The molecule has 7 heteroatoms. The molecule has 1 atom stereocenters. The standard InChI is InChI=1S/C25H24N4O2S/c1-17-13-18(2)15-20(14-17)27-24(30)23(19-7-5-4-6-8-19)32-25-28-26-16-29(25)21-9-11-22(31-3)12-10-21/h4-16,23H,1-3H3,(H,27,30). The van der Waals surface area contributed by atoms with E-state index in [9.17, 15) is 4.79 Å². The summed E-state index contributed by atoms with van der Waals surface area (Å²) in [6.07, 6.45) is 1.65. The number of ether oxygens (including phenoxy) is 1. The van der Waals surface area contributed by atoms with Crippen LogP contribution in [0.4, 0.5) is 5.69 Å². The van der Waals surface area contributed by atoms with Crippen LogP contribution >= 0.6 is 11.8 Å². The van der Waals surface area contributed by atoms with Gasteiger partial charge in [0.05, 0.1) is 7.11 Å². The SMILES string of the molecule is COc1ccc(-n2cnnc2SC(C(=O)Nc2cc(C)cc(C)c2)c2ccccc2)cc1. The zero-order valence-electron chi connectivity index (χ0n) is 18.1. The van der Waals surface area contributed by atoms with Gasteiger partial charge < -0.3 is 10.1 Å². The molecule has 162 valence electrons. The van der Waals surface area contributed by atoms with Gasteiger partial charge in [0, 0.05) is 11.4 Å². The summed E-state index contributed by atoms with van der Waals surface area (Å²) in [5.41, 5.74) is 4.76. The molecular formula is C25H24N4O2S. The first kappa shape index (κ1) is 21.6. The molecule has 3 aromatic carbocycles. The van der Waals surface area contributed by atoms with E-state index in [4.69, 9.17) is 4.74 Å². The molecule has 0 radical (unpaired) electrons. The Balaban J connectivity index is 1.64. The number of aryl methyl sites for hydroxylation is 2. The third kappa shape index (κ3) is 5.00. The molecule has 1 unspecified atom stereocenters. The second-order valence-electron chi connectivity index (χ2n) is 7.46. The van der Waals surface area contributed by atoms with Gasteiger partial charge >= 0.3 is 0 Å². The van der Waals surface area contributed by atoms with Crippen LogP contribution in [0.25, 0.3) is 5.69 Å². The Kier molecular flexibility index (Phi) is 6.56. The first-order chi connectivity index (χ1) is 15.5. The maximum absolute atomic E-state index is 13.4.